The van der Waals surface area contributed by atoms with Crippen LogP contribution in [0.5, 0.6) is 0 Å². The van der Waals surface area contributed by atoms with Crippen LogP contribution in [0.1, 0.15) is 19.8 Å². The number of piperidine rings is 1. The molecule has 0 aromatic heterocycles. The van der Waals surface area contributed by atoms with E-state index in [9.17, 15) is 4.79 Å². The lowest BCUT2D eigenvalue weighted by atomic mass is 9.83. The fourth-order valence-electron chi connectivity index (χ4n) is 2.86. The fraction of sp³-hybridized carbons (Fsp3) is 0.923. The van der Waals surface area contributed by atoms with Crippen LogP contribution in [0.2, 0.25) is 0 Å². The maximum Gasteiger partial charge on any atom is 0.232 e. The van der Waals surface area contributed by atoms with Crippen LogP contribution in [0.3, 0.4) is 0 Å². The minimum atomic E-state index is -0.544. The molecular formula is C13H25N3O2. The van der Waals surface area contributed by atoms with E-state index >= 15 is 0 Å². The smallest absolute Gasteiger partial charge is 0.232 e. The first-order chi connectivity index (χ1) is 8.45. The predicted molar refractivity (Wildman–Crippen MR) is 70.2 cm³/mol. The number of carbonyl (C=O) groups excluding carboxylic acids is 1. The van der Waals surface area contributed by atoms with Gasteiger partial charge < -0.3 is 20.3 Å². The lowest BCUT2D eigenvalue weighted by Crippen LogP contribution is -2.54. The van der Waals surface area contributed by atoms with E-state index in [0.717, 1.165) is 25.9 Å². The Balaban J connectivity index is 2.00. The second kappa shape index (κ2) is 5.15. The topological polar surface area (TPSA) is 58.8 Å². The fourth-order valence-corrected chi connectivity index (χ4v) is 2.86. The molecule has 2 aliphatic rings. The summed E-state index contributed by atoms with van der Waals surface area (Å²) in [4.78, 5) is 16.8. The van der Waals surface area contributed by atoms with Gasteiger partial charge in [0.15, 0.2) is 0 Å². The van der Waals surface area contributed by atoms with Crippen molar-refractivity contribution in [2.24, 2.45) is 11.1 Å². The zero-order valence-corrected chi connectivity index (χ0v) is 11.7. The molecule has 2 aliphatic heterocycles. The summed E-state index contributed by atoms with van der Waals surface area (Å²) in [7, 11) is 4.04. The first-order valence-corrected chi connectivity index (χ1v) is 6.74. The molecule has 104 valence electrons. The number of nitrogens with two attached hydrogens (primary N) is 1. The molecule has 0 spiro atoms. The third-order valence-electron chi connectivity index (χ3n) is 4.56. The molecule has 18 heavy (non-hydrogen) atoms. The number of carbonyl (C=O) groups is 1. The highest BCUT2D eigenvalue weighted by Gasteiger charge is 2.46. The van der Waals surface area contributed by atoms with Gasteiger partial charge >= 0.3 is 0 Å². The summed E-state index contributed by atoms with van der Waals surface area (Å²) in [6.07, 6.45) is 2.09. The number of hydrogen-bond acceptors (Lipinski definition) is 4. The lowest BCUT2D eigenvalue weighted by molar-refractivity contribution is -0.143. The van der Waals surface area contributed by atoms with Crippen molar-refractivity contribution < 1.29 is 9.53 Å². The zero-order valence-electron chi connectivity index (χ0n) is 11.7. The molecule has 0 saturated carbocycles. The number of ether oxygens (including phenoxy) is 1. The van der Waals surface area contributed by atoms with Crippen molar-refractivity contribution in [3.05, 3.63) is 0 Å². The number of amides is 1. The summed E-state index contributed by atoms with van der Waals surface area (Å²) in [5, 5.41) is 0. The van der Waals surface area contributed by atoms with Crippen LogP contribution in [0, 0.1) is 5.41 Å². The Morgan fingerprint density at radius 3 is 2.56 bits per heavy atom. The first kappa shape index (κ1) is 13.8. The molecule has 0 aromatic carbocycles. The Hall–Kier alpha value is -0.650. The van der Waals surface area contributed by atoms with E-state index in [2.05, 4.69) is 11.9 Å². The van der Waals surface area contributed by atoms with E-state index in [1.54, 1.807) is 0 Å². The van der Waals surface area contributed by atoms with E-state index in [-0.39, 0.29) is 11.9 Å². The summed E-state index contributed by atoms with van der Waals surface area (Å²) in [5.74, 6) is 0.141. The lowest BCUT2D eigenvalue weighted by Gasteiger charge is -2.39. The van der Waals surface area contributed by atoms with Crippen LogP contribution in [0.25, 0.3) is 0 Å². The van der Waals surface area contributed by atoms with E-state index in [0.29, 0.717) is 19.3 Å². The van der Waals surface area contributed by atoms with Crippen molar-refractivity contribution in [2.45, 2.75) is 31.8 Å². The molecule has 2 rings (SSSR count). The molecule has 0 radical (unpaired) electrons. The molecule has 1 amide bonds. The van der Waals surface area contributed by atoms with Crippen LogP contribution in [-0.4, -0.2) is 68.2 Å². The Morgan fingerprint density at radius 1 is 1.44 bits per heavy atom. The minimum absolute atomic E-state index is 0.141. The Morgan fingerprint density at radius 2 is 2.06 bits per heavy atom. The van der Waals surface area contributed by atoms with E-state index in [1.807, 2.05) is 18.9 Å². The second-order valence-corrected chi connectivity index (χ2v) is 5.99. The van der Waals surface area contributed by atoms with Gasteiger partial charge in [-0.3, -0.25) is 4.79 Å². The summed E-state index contributed by atoms with van der Waals surface area (Å²) >= 11 is 0. The summed E-state index contributed by atoms with van der Waals surface area (Å²) < 4.78 is 5.37. The highest BCUT2D eigenvalue weighted by Crippen LogP contribution is 2.30. The Kier molecular flexibility index (Phi) is 3.94. The molecule has 2 heterocycles. The van der Waals surface area contributed by atoms with Crippen LogP contribution < -0.4 is 5.73 Å². The average molecular weight is 255 g/mol. The number of nitrogens with zero attached hydrogens (tertiary/aromatic N) is 2. The van der Waals surface area contributed by atoms with Gasteiger partial charge in [-0.2, -0.15) is 0 Å². The molecule has 0 bridgehead atoms. The highest BCUT2D eigenvalue weighted by molar-refractivity contribution is 5.83. The van der Waals surface area contributed by atoms with Gasteiger partial charge in [0, 0.05) is 19.1 Å². The van der Waals surface area contributed by atoms with Crippen molar-refractivity contribution in [3.63, 3.8) is 0 Å². The van der Waals surface area contributed by atoms with Crippen LogP contribution in [0.4, 0.5) is 0 Å². The van der Waals surface area contributed by atoms with Gasteiger partial charge in [-0.15, -0.1) is 0 Å². The molecule has 2 fully saturated rings. The summed E-state index contributed by atoms with van der Waals surface area (Å²) in [5.41, 5.74) is 5.48. The number of likely N-dealkylation sites (tertiary alicyclic amines) is 1. The van der Waals surface area contributed by atoms with Crippen molar-refractivity contribution in [2.75, 3.05) is 40.4 Å². The van der Waals surface area contributed by atoms with Gasteiger partial charge in [0.25, 0.3) is 0 Å². The maximum absolute atomic E-state index is 12.6. The van der Waals surface area contributed by atoms with Gasteiger partial charge in [-0.05, 0) is 39.9 Å². The second-order valence-electron chi connectivity index (χ2n) is 5.99. The molecular weight excluding hydrogens is 230 g/mol. The van der Waals surface area contributed by atoms with Gasteiger partial charge in [0.2, 0.25) is 5.91 Å². The Bertz CT molecular complexity index is 315. The van der Waals surface area contributed by atoms with Crippen molar-refractivity contribution in [3.8, 4) is 0 Å². The average Bonchev–Trinajstić information content (AvgIpc) is 2.70. The molecule has 5 nitrogen and oxygen atoms in total. The Labute approximate surface area is 109 Å². The predicted octanol–water partition coefficient (Wildman–Crippen LogP) is -0.0972. The van der Waals surface area contributed by atoms with Gasteiger partial charge in [0.05, 0.1) is 18.6 Å². The summed E-state index contributed by atoms with van der Waals surface area (Å²) in [6, 6.07) is 0.164. The standard InChI is InChI=1S/C13H25N3O2/c1-13(9-18-8-11(13)14)12(17)16(3)10-4-6-15(2)7-5-10/h10-11H,4-9,14H2,1-3H3. The van der Waals surface area contributed by atoms with Crippen LogP contribution in [-0.2, 0) is 9.53 Å². The van der Waals surface area contributed by atoms with Gasteiger partial charge in [0.1, 0.15) is 0 Å². The third-order valence-corrected chi connectivity index (χ3v) is 4.56. The molecule has 2 N–H and O–H groups in total. The van der Waals surface area contributed by atoms with Crippen molar-refractivity contribution >= 4 is 5.91 Å². The van der Waals surface area contributed by atoms with Gasteiger partial charge in [-0.1, -0.05) is 0 Å². The monoisotopic (exact) mass is 255 g/mol. The van der Waals surface area contributed by atoms with E-state index in [4.69, 9.17) is 10.5 Å². The molecule has 0 aliphatic carbocycles. The zero-order chi connectivity index (χ0) is 13.3. The molecule has 5 heteroatoms. The number of rotatable bonds is 2. The first-order valence-electron chi connectivity index (χ1n) is 6.74. The van der Waals surface area contributed by atoms with Crippen LogP contribution in [0.15, 0.2) is 0 Å². The van der Waals surface area contributed by atoms with Crippen molar-refractivity contribution in [1.29, 1.82) is 0 Å². The van der Waals surface area contributed by atoms with E-state index < -0.39 is 5.41 Å². The quantitative estimate of drug-likeness (QED) is 0.749. The molecule has 2 saturated heterocycles. The maximum atomic E-state index is 12.6. The summed E-state index contributed by atoms with van der Waals surface area (Å²) in [6.45, 7) is 4.98. The largest absolute Gasteiger partial charge is 0.379 e. The van der Waals surface area contributed by atoms with Crippen molar-refractivity contribution in [1.82, 2.24) is 9.80 Å². The van der Waals surface area contributed by atoms with E-state index in [1.165, 1.54) is 0 Å². The minimum Gasteiger partial charge on any atom is -0.379 e. The SMILES string of the molecule is CN1CCC(N(C)C(=O)C2(C)COCC2N)CC1. The molecule has 2 atom stereocenters. The third kappa shape index (κ3) is 2.39. The highest BCUT2D eigenvalue weighted by atomic mass is 16.5. The van der Waals surface area contributed by atoms with Crippen LogP contribution >= 0.6 is 0 Å². The normalized spacial score (nSPS) is 34.8. The molecule has 2 unspecified atom stereocenters. The molecule has 0 aromatic rings. The number of hydrogen-bond donors (Lipinski definition) is 1. The van der Waals surface area contributed by atoms with Gasteiger partial charge in [-0.25, -0.2) is 0 Å².